The molecule has 0 saturated heterocycles. The predicted molar refractivity (Wildman–Crippen MR) is 112 cm³/mol. The van der Waals surface area contributed by atoms with Crippen LogP contribution in [0.4, 0.5) is 0 Å². The van der Waals surface area contributed by atoms with Gasteiger partial charge in [0.25, 0.3) is 0 Å². The standard InChI is InChI=1S/C23H28N4O/c1-17-20(10-5-11-24-17)21-16-19-9-4-12-26-23(19)27(21)14-6-13-25-22(28)15-18-7-2-3-8-18/h4-5,9-12,16,18H,2-3,6-8,13-15H2,1H3,(H,25,28). The number of carbonyl (C=O) groups excluding carboxylic acids is 1. The largest absolute Gasteiger partial charge is 0.356 e. The lowest BCUT2D eigenvalue weighted by atomic mass is 10.0. The molecule has 0 bridgehead atoms. The third kappa shape index (κ3) is 4.08. The van der Waals surface area contributed by atoms with Crippen molar-refractivity contribution in [3.05, 3.63) is 48.4 Å². The fourth-order valence-electron chi connectivity index (χ4n) is 4.31. The molecule has 4 rings (SSSR count). The van der Waals surface area contributed by atoms with Crippen LogP contribution in [-0.4, -0.2) is 27.0 Å². The normalized spacial score (nSPS) is 14.6. The quantitative estimate of drug-likeness (QED) is 0.618. The number of hydrogen-bond donors (Lipinski definition) is 1. The summed E-state index contributed by atoms with van der Waals surface area (Å²) in [6.45, 7) is 3.55. The van der Waals surface area contributed by atoms with E-state index < -0.39 is 0 Å². The van der Waals surface area contributed by atoms with Crippen LogP contribution in [0.3, 0.4) is 0 Å². The number of nitrogens with zero attached hydrogens (tertiary/aromatic N) is 3. The Labute approximate surface area is 166 Å². The molecule has 0 unspecified atom stereocenters. The molecule has 0 atom stereocenters. The molecular weight excluding hydrogens is 348 g/mol. The molecule has 1 aliphatic rings. The maximum atomic E-state index is 12.2. The SMILES string of the molecule is Cc1ncccc1-c1cc2cccnc2n1CCCNC(=O)CC1CCCC1. The van der Waals surface area contributed by atoms with Gasteiger partial charge in [-0.05, 0) is 62.4 Å². The van der Waals surface area contributed by atoms with E-state index in [1.807, 2.05) is 31.5 Å². The molecule has 0 spiro atoms. The van der Waals surface area contributed by atoms with Crippen LogP contribution in [0, 0.1) is 12.8 Å². The summed E-state index contributed by atoms with van der Waals surface area (Å²) in [4.78, 5) is 21.2. The number of rotatable bonds is 7. The van der Waals surface area contributed by atoms with Crippen molar-refractivity contribution in [2.75, 3.05) is 6.54 Å². The smallest absolute Gasteiger partial charge is 0.220 e. The average molecular weight is 377 g/mol. The highest BCUT2D eigenvalue weighted by Crippen LogP contribution is 2.29. The zero-order chi connectivity index (χ0) is 19.3. The Balaban J connectivity index is 1.45. The fraction of sp³-hybridized carbons (Fsp3) is 0.435. The van der Waals surface area contributed by atoms with Crippen molar-refractivity contribution in [2.24, 2.45) is 5.92 Å². The number of nitrogens with one attached hydrogen (secondary N) is 1. The Hall–Kier alpha value is -2.69. The summed E-state index contributed by atoms with van der Waals surface area (Å²) in [5, 5.41) is 4.24. The summed E-state index contributed by atoms with van der Waals surface area (Å²) in [5.74, 6) is 0.795. The van der Waals surface area contributed by atoms with Crippen molar-refractivity contribution in [3.63, 3.8) is 0 Å². The van der Waals surface area contributed by atoms with Crippen LogP contribution >= 0.6 is 0 Å². The van der Waals surface area contributed by atoms with Crippen LogP contribution in [0.5, 0.6) is 0 Å². The first-order valence-corrected chi connectivity index (χ1v) is 10.4. The van der Waals surface area contributed by atoms with Gasteiger partial charge in [0.1, 0.15) is 5.65 Å². The summed E-state index contributed by atoms with van der Waals surface area (Å²) in [6, 6.07) is 10.3. The molecule has 28 heavy (non-hydrogen) atoms. The molecule has 3 aromatic rings. The number of hydrogen-bond acceptors (Lipinski definition) is 3. The van der Waals surface area contributed by atoms with E-state index in [0.29, 0.717) is 18.9 Å². The monoisotopic (exact) mass is 376 g/mol. The molecule has 1 amide bonds. The van der Waals surface area contributed by atoms with Crippen molar-refractivity contribution < 1.29 is 4.79 Å². The average Bonchev–Trinajstić information content (AvgIpc) is 3.33. The summed E-state index contributed by atoms with van der Waals surface area (Å²) in [5.41, 5.74) is 4.26. The van der Waals surface area contributed by atoms with Crippen LogP contribution in [0.25, 0.3) is 22.3 Å². The van der Waals surface area contributed by atoms with Crippen molar-refractivity contribution >= 4 is 16.9 Å². The van der Waals surface area contributed by atoms with E-state index in [9.17, 15) is 4.79 Å². The molecule has 1 aliphatic carbocycles. The number of carbonyl (C=O) groups is 1. The second kappa shape index (κ2) is 8.55. The van der Waals surface area contributed by atoms with E-state index in [-0.39, 0.29) is 5.91 Å². The van der Waals surface area contributed by atoms with Gasteiger partial charge in [-0.15, -0.1) is 0 Å². The molecule has 5 nitrogen and oxygen atoms in total. The van der Waals surface area contributed by atoms with Gasteiger partial charge in [-0.3, -0.25) is 9.78 Å². The third-order valence-electron chi connectivity index (χ3n) is 5.77. The maximum absolute atomic E-state index is 12.2. The molecule has 5 heteroatoms. The molecular formula is C23H28N4O. The summed E-state index contributed by atoms with van der Waals surface area (Å²) < 4.78 is 2.25. The number of amides is 1. The molecule has 1 saturated carbocycles. The van der Waals surface area contributed by atoms with Crippen LogP contribution in [0.1, 0.15) is 44.2 Å². The van der Waals surface area contributed by atoms with Crippen molar-refractivity contribution in [3.8, 4) is 11.3 Å². The van der Waals surface area contributed by atoms with Gasteiger partial charge in [-0.2, -0.15) is 0 Å². The minimum absolute atomic E-state index is 0.200. The summed E-state index contributed by atoms with van der Waals surface area (Å²) in [6.07, 6.45) is 10.2. The van der Waals surface area contributed by atoms with Crippen LogP contribution < -0.4 is 5.32 Å². The van der Waals surface area contributed by atoms with Gasteiger partial charge in [0.2, 0.25) is 5.91 Å². The van der Waals surface area contributed by atoms with Crippen LogP contribution in [0.15, 0.2) is 42.7 Å². The Morgan fingerprint density at radius 3 is 2.79 bits per heavy atom. The molecule has 0 aliphatic heterocycles. The van der Waals surface area contributed by atoms with Crippen LogP contribution in [0.2, 0.25) is 0 Å². The topological polar surface area (TPSA) is 59.8 Å². The van der Waals surface area contributed by atoms with Gasteiger partial charge in [-0.25, -0.2) is 4.98 Å². The molecule has 1 fully saturated rings. The Bertz CT molecular complexity index is 956. The first kappa shape index (κ1) is 18.7. The van der Waals surface area contributed by atoms with Gasteiger partial charge in [0.15, 0.2) is 0 Å². The third-order valence-corrected chi connectivity index (χ3v) is 5.77. The fourth-order valence-corrected chi connectivity index (χ4v) is 4.31. The molecule has 0 aromatic carbocycles. The lowest BCUT2D eigenvalue weighted by Gasteiger charge is -2.13. The second-order valence-electron chi connectivity index (χ2n) is 7.79. The zero-order valence-electron chi connectivity index (χ0n) is 16.5. The van der Waals surface area contributed by atoms with Gasteiger partial charge >= 0.3 is 0 Å². The molecule has 0 radical (unpaired) electrons. The molecule has 3 heterocycles. The molecule has 1 N–H and O–H groups in total. The van der Waals surface area contributed by atoms with E-state index in [4.69, 9.17) is 0 Å². The predicted octanol–water partition coefficient (Wildman–Crippen LogP) is 4.49. The lowest BCUT2D eigenvalue weighted by Crippen LogP contribution is -2.26. The second-order valence-corrected chi connectivity index (χ2v) is 7.79. The number of aryl methyl sites for hydroxylation is 2. The van der Waals surface area contributed by atoms with Crippen molar-refractivity contribution in [2.45, 2.75) is 52.0 Å². The van der Waals surface area contributed by atoms with E-state index in [1.165, 1.54) is 25.7 Å². The summed E-state index contributed by atoms with van der Waals surface area (Å²) >= 11 is 0. The van der Waals surface area contributed by atoms with Gasteiger partial charge < -0.3 is 9.88 Å². The van der Waals surface area contributed by atoms with Gasteiger partial charge in [0.05, 0.1) is 5.69 Å². The first-order valence-electron chi connectivity index (χ1n) is 10.4. The highest BCUT2D eigenvalue weighted by Gasteiger charge is 2.18. The number of aromatic nitrogens is 3. The lowest BCUT2D eigenvalue weighted by molar-refractivity contribution is -0.121. The van der Waals surface area contributed by atoms with E-state index in [2.05, 4.69) is 38.1 Å². The molecule has 3 aromatic heterocycles. The zero-order valence-corrected chi connectivity index (χ0v) is 16.5. The minimum Gasteiger partial charge on any atom is -0.356 e. The Morgan fingerprint density at radius 2 is 1.96 bits per heavy atom. The Kier molecular flexibility index (Phi) is 5.70. The Morgan fingerprint density at radius 1 is 1.18 bits per heavy atom. The van der Waals surface area contributed by atoms with E-state index in [0.717, 1.165) is 41.0 Å². The van der Waals surface area contributed by atoms with Crippen molar-refractivity contribution in [1.29, 1.82) is 0 Å². The van der Waals surface area contributed by atoms with Crippen LogP contribution in [-0.2, 0) is 11.3 Å². The molecule has 146 valence electrons. The number of pyridine rings is 2. The minimum atomic E-state index is 0.200. The maximum Gasteiger partial charge on any atom is 0.220 e. The van der Waals surface area contributed by atoms with Crippen molar-refractivity contribution in [1.82, 2.24) is 19.9 Å². The van der Waals surface area contributed by atoms with Gasteiger partial charge in [0, 0.05) is 48.5 Å². The van der Waals surface area contributed by atoms with E-state index in [1.54, 1.807) is 0 Å². The summed E-state index contributed by atoms with van der Waals surface area (Å²) in [7, 11) is 0. The number of fused-ring (bicyclic) bond motifs is 1. The van der Waals surface area contributed by atoms with E-state index >= 15 is 0 Å². The highest BCUT2D eigenvalue weighted by molar-refractivity contribution is 5.84. The first-order chi connectivity index (χ1) is 13.7. The van der Waals surface area contributed by atoms with Gasteiger partial charge in [-0.1, -0.05) is 12.8 Å². The highest BCUT2D eigenvalue weighted by atomic mass is 16.1.